The van der Waals surface area contributed by atoms with E-state index in [0.29, 0.717) is 20.4 Å². The van der Waals surface area contributed by atoms with E-state index in [-0.39, 0.29) is 11.1 Å². The molecule has 0 atom stereocenters. The number of hydrogen-bond donors (Lipinski definition) is 1. The van der Waals surface area contributed by atoms with Crippen LogP contribution in [0.15, 0.2) is 45.3 Å². The van der Waals surface area contributed by atoms with Gasteiger partial charge in [-0.3, -0.25) is 14.9 Å². The van der Waals surface area contributed by atoms with Gasteiger partial charge < -0.3 is 9.47 Å². The summed E-state index contributed by atoms with van der Waals surface area (Å²) in [5, 5.41) is 2.34. The van der Waals surface area contributed by atoms with Crippen molar-refractivity contribution < 1.29 is 19.1 Å². The average molecular weight is 443 g/mol. The fourth-order valence-electron chi connectivity index (χ4n) is 1.95. The zero-order chi connectivity index (χ0) is 17.0. The van der Waals surface area contributed by atoms with Gasteiger partial charge in [-0.2, -0.15) is 0 Å². The minimum absolute atomic E-state index is 0.254. The van der Waals surface area contributed by atoms with Crippen LogP contribution in [-0.2, 0) is 0 Å². The van der Waals surface area contributed by atoms with Crippen LogP contribution in [0, 0.1) is 0 Å². The Morgan fingerprint density at radius 1 is 0.826 bits per heavy atom. The van der Waals surface area contributed by atoms with Crippen molar-refractivity contribution in [3.63, 3.8) is 0 Å². The molecule has 0 unspecified atom stereocenters. The van der Waals surface area contributed by atoms with E-state index in [9.17, 15) is 9.59 Å². The minimum Gasteiger partial charge on any atom is -0.496 e. The number of halogens is 2. The Labute approximate surface area is 150 Å². The van der Waals surface area contributed by atoms with Gasteiger partial charge in [0.05, 0.1) is 25.3 Å². The number of ether oxygens (including phenoxy) is 2. The highest BCUT2D eigenvalue weighted by Crippen LogP contribution is 2.25. The lowest BCUT2D eigenvalue weighted by atomic mass is 10.1. The summed E-state index contributed by atoms with van der Waals surface area (Å²) in [7, 11) is 2.92. The molecule has 0 saturated carbocycles. The van der Waals surface area contributed by atoms with E-state index in [0.717, 1.165) is 0 Å². The van der Waals surface area contributed by atoms with Gasteiger partial charge >= 0.3 is 0 Å². The highest BCUT2D eigenvalue weighted by Gasteiger charge is 2.19. The molecule has 0 aliphatic heterocycles. The van der Waals surface area contributed by atoms with Crippen LogP contribution in [0.1, 0.15) is 20.7 Å². The number of nitrogens with one attached hydrogen (secondary N) is 1. The van der Waals surface area contributed by atoms with E-state index in [2.05, 4.69) is 37.2 Å². The Hall–Kier alpha value is -1.86. The summed E-state index contributed by atoms with van der Waals surface area (Å²) in [5.74, 6) is -0.371. The van der Waals surface area contributed by atoms with Crippen LogP contribution in [0.2, 0.25) is 0 Å². The van der Waals surface area contributed by atoms with Gasteiger partial charge in [0.25, 0.3) is 11.8 Å². The van der Waals surface area contributed by atoms with Gasteiger partial charge in [0.1, 0.15) is 11.5 Å². The van der Waals surface area contributed by atoms with Crippen LogP contribution < -0.4 is 14.8 Å². The molecular formula is C16H13Br2NO4. The third-order valence-corrected chi connectivity index (χ3v) is 4.03. The molecule has 0 fully saturated rings. The van der Waals surface area contributed by atoms with Crippen molar-refractivity contribution in [1.82, 2.24) is 5.32 Å². The van der Waals surface area contributed by atoms with Crippen LogP contribution in [0.5, 0.6) is 11.5 Å². The highest BCUT2D eigenvalue weighted by molar-refractivity contribution is 9.10. The van der Waals surface area contributed by atoms with Gasteiger partial charge in [-0.15, -0.1) is 0 Å². The summed E-state index contributed by atoms with van der Waals surface area (Å²) in [5.41, 5.74) is 0.508. The molecule has 120 valence electrons. The zero-order valence-electron chi connectivity index (χ0n) is 12.4. The molecule has 2 aromatic carbocycles. The summed E-state index contributed by atoms with van der Waals surface area (Å²) >= 11 is 6.58. The number of carbonyl (C=O) groups is 2. The van der Waals surface area contributed by atoms with Crippen LogP contribution >= 0.6 is 31.9 Å². The van der Waals surface area contributed by atoms with Crippen LogP contribution in [0.4, 0.5) is 0 Å². The molecule has 2 rings (SSSR count). The van der Waals surface area contributed by atoms with Crippen LogP contribution in [0.3, 0.4) is 0 Å². The second-order valence-corrected chi connectivity index (χ2v) is 6.30. The Balaban J connectivity index is 2.29. The summed E-state index contributed by atoms with van der Waals surface area (Å²) < 4.78 is 11.7. The Kier molecular flexibility index (Phi) is 5.79. The number of imide groups is 1. The van der Waals surface area contributed by atoms with E-state index in [4.69, 9.17) is 9.47 Å². The second-order valence-electron chi connectivity index (χ2n) is 4.47. The highest BCUT2D eigenvalue weighted by atomic mass is 79.9. The predicted octanol–water partition coefficient (Wildman–Crippen LogP) is 3.80. The molecule has 2 aromatic rings. The molecule has 0 heterocycles. The first-order valence-electron chi connectivity index (χ1n) is 6.49. The maximum Gasteiger partial charge on any atom is 0.261 e. The van der Waals surface area contributed by atoms with Crippen LogP contribution in [0.25, 0.3) is 0 Å². The SMILES string of the molecule is COc1ccc(Br)cc1C(=O)NC(=O)c1cc(Br)ccc1OC. The second kappa shape index (κ2) is 7.61. The van der Waals surface area contributed by atoms with Gasteiger partial charge in [-0.05, 0) is 36.4 Å². The average Bonchev–Trinajstić information content (AvgIpc) is 2.54. The number of methoxy groups -OCH3 is 2. The molecule has 5 nitrogen and oxygen atoms in total. The first kappa shape index (κ1) is 17.5. The number of hydrogen-bond acceptors (Lipinski definition) is 4. The topological polar surface area (TPSA) is 64.6 Å². The molecule has 0 bridgehead atoms. The Morgan fingerprint density at radius 3 is 1.57 bits per heavy atom. The van der Waals surface area contributed by atoms with Crippen molar-refractivity contribution in [2.75, 3.05) is 14.2 Å². The van der Waals surface area contributed by atoms with Crippen molar-refractivity contribution in [3.8, 4) is 11.5 Å². The molecule has 23 heavy (non-hydrogen) atoms. The lowest BCUT2D eigenvalue weighted by Gasteiger charge is -2.11. The third-order valence-electron chi connectivity index (χ3n) is 3.04. The number of carbonyl (C=O) groups excluding carboxylic acids is 2. The molecule has 0 saturated heterocycles. The van der Waals surface area contributed by atoms with Gasteiger partial charge in [-0.25, -0.2) is 0 Å². The van der Waals surface area contributed by atoms with Crippen molar-refractivity contribution in [2.45, 2.75) is 0 Å². The van der Waals surface area contributed by atoms with Crippen LogP contribution in [-0.4, -0.2) is 26.0 Å². The van der Waals surface area contributed by atoms with E-state index in [1.54, 1.807) is 36.4 Å². The molecule has 2 amide bonds. The van der Waals surface area contributed by atoms with E-state index in [1.165, 1.54) is 14.2 Å². The third kappa shape index (κ3) is 4.11. The fraction of sp³-hybridized carbons (Fsp3) is 0.125. The standard InChI is InChI=1S/C16H13Br2NO4/c1-22-13-5-3-9(17)7-11(13)15(20)19-16(21)12-8-10(18)4-6-14(12)23-2/h3-8H,1-2H3,(H,19,20,21). The summed E-state index contributed by atoms with van der Waals surface area (Å²) in [6.07, 6.45) is 0. The number of amides is 2. The van der Waals surface area contributed by atoms with Gasteiger partial charge in [0.2, 0.25) is 0 Å². The molecule has 0 aromatic heterocycles. The summed E-state index contributed by atoms with van der Waals surface area (Å²) in [6, 6.07) is 9.94. The molecule has 1 N–H and O–H groups in total. The Morgan fingerprint density at radius 2 is 1.22 bits per heavy atom. The van der Waals surface area contributed by atoms with Gasteiger partial charge in [-0.1, -0.05) is 31.9 Å². The van der Waals surface area contributed by atoms with Crippen molar-refractivity contribution in [2.24, 2.45) is 0 Å². The fourth-order valence-corrected chi connectivity index (χ4v) is 2.68. The largest absolute Gasteiger partial charge is 0.496 e. The number of rotatable bonds is 4. The maximum atomic E-state index is 12.4. The van der Waals surface area contributed by atoms with E-state index < -0.39 is 11.8 Å². The van der Waals surface area contributed by atoms with Crippen molar-refractivity contribution in [1.29, 1.82) is 0 Å². The molecule has 0 aliphatic rings. The minimum atomic E-state index is -0.560. The maximum absolute atomic E-state index is 12.4. The van der Waals surface area contributed by atoms with Gasteiger partial charge in [0, 0.05) is 8.95 Å². The van der Waals surface area contributed by atoms with Crippen molar-refractivity contribution in [3.05, 3.63) is 56.5 Å². The van der Waals surface area contributed by atoms with E-state index >= 15 is 0 Å². The monoisotopic (exact) mass is 441 g/mol. The lowest BCUT2D eigenvalue weighted by molar-refractivity contribution is 0.0846. The number of benzene rings is 2. The lowest BCUT2D eigenvalue weighted by Crippen LogP contribution is -2.31. The molecule has 7 heteroatoms. The summed E-state index contributed by atoms with van der Waals surface area (Å²) in [6.45, 7) is 0. The summed E-state index contributed by atoms with van der Waals surface area (Å²) in [4.78, 5) is 24.7. The smallest absolute Gasteiger partial charge is 0.261 e. The Bertz CT molecular complexity index is 698. The first-order valence-corrected chi connectivity index (χ1v) is 8.07. The van der Waals surface area contributed by atoms with E-state index in [1.807, 2.05) is 0 Å². The predicted molar refractivity (Wildman–Crippen MR) is 93.2 cm³/mol. The zero-order valence-corrected chi connectivity index (χ0v) is 15.5. The molecular weight excluding hydrogens is 430 g/mol. The van der Waals surface area contributed by atoms with Crippen molar-refractivity contribution >= 4 is 43.7 Å². The van der Waals surface area contributed by atoms with Gasteiger partial charge in [0.15, 0.2) is 0 Å². The molecule has 0 spiro atoms. The molecule has 0 aliphatic carbocycles. The first-order chi connectivity index (χ1) is 11.0. The normalized spacial score (nSPS) is 10.1. The molecule has 0 radical (unpaired) electrons. The quantitative estimate of drug-likeness (QED) is 0.731.